The number of nitrogens with one attached hydrogen (secondary N) is 2. The summed E-state index contributed by atoms with van der Waals surface area (Å²) in [6.07, 6.45) is 2.75. The number of anilines is 2. The van der Waals surface area contributed by atoms with Crippen LogP contribution in [0.15, 0.2) is 10.8 Å². The predicted octanol–water partition coefficient (Wildman–Crippen LogP) is 0.460. The fourth-order valence-corrected chi connectivity index (χ4v) is 1.90. The Kier molecular flexibility index (Phi) is 3.03. The van der Waals surface area contributed by atoms with Crippen LogP contribution in [-0.4, -0.2) is 27.2 Å². The lowest BCUT2D eigenvalue weighted by Gasteiger charge is -2.32. The quantitative estimate of drug-likeness (QED) is 0.472. The van der Waals surface area contributed by atoms with Gasteiger partial charge in [-0.15, -0.1) is 0 Å². The van der Waals surface area contributed by atoms with Crippen molar-refractivity contribution in [1.29, 1.82) is 0 Å². The van der Waals surface area contributed by atoms with E-state index in [1.54, 1.807) is 0 Å². The minimum atomic E-state index is -0.185. The summed E-state index contributed by atoms with van der Waals surface area (Å²) < 4.78 is 0.703. The highest BCUT2D eigenvalue weighted by atomic mass is 79.9. The first-order valence-electron chi connectivity index (χ1n) is 4.62. The first kappa shape index (κ1) is 10.6. The number of nitrogen functional groups attached to an aromatic ring is 1. The minimum absolute atomic E-state index is 0.185. The Morgan fingerprint density at radius 2 is 2.07 bits per heavy atom. The van der Waals surface area contributed by atoms with Crippen LogP contribution in [0.2, 0.25) is 0 Å². The molecular weight excluding hydrogens is 262 g/mol. The topological polar surface area (TPSA) is 96.1 Å². The molecule has 0 saturated heterocycles. The molecule has 1 aromatic heterocycles. The molecule has 15 heavy (non-hydrogen) atoms. The van der Waals surface area contributed by atoms with E-state index < -0.39 is 0 Å². The molecule has 1 aliphatic carbocycles. The van der Waals surface area contributed by atoms with Crippen molar-refractivity contribution in [2.45, 2.75) is 25.0 Å². The van der Waals surface area contributed by atoms with E-state index >= 15 is 0 Å². The summed E-state index contributed by atoms with van der Waals surface area (Å²) in [6, 6.07) is 0.275. The Labute approximate surface area is 95.4 Å². The molecule has 6 nitrogen and oxygen atoms in total. The molecule has 1 aliphatic rings. The second-order valence-electron chi connectivity index (χ2n) is 3.50. The Morgan fingerprint density at radius 1 is 1.40 bits per heavy atom. The van der Waals surface area contributed by atoms with Gasteiger partial charge in [-0.3, -0.25) is 0 Å². The van der Waals surface area contributed by atoms with E-state index in [0.717, 1.165) is 12.8 Å². The number of nitrogens with two attached hydrogens (primary N) is 1. The first-order chi connectivity index (χ1) is 7.20. The van der Waals surface area contributed by atoms with Crippen LogP contribution in [0, 0.1) is 0 Å². The summed E-state index contributed by atoms with van der Waals surface area (Å²) in [7, 11) is 0. The molecule has 7 heteroatoms. The highest BCUT2D eigenvalue weighted by molar-refractivity contribution is 9.10. The molecule has 0 aromatic carbocycles. The van der Waals surface area contributed by atoms with Crippen LogP contribution in [0.1, 0.15) is 12.8 Å². The third-order valence-corrected chi connectivity index (χ3v) is 3.13. The summed E-state index contributed by atoms with van der Waals surface area (Å²) in [5.41, 5.74) is 2.47. The molecule has 0 aliphatic heterocycles. The van der Waals surface area contributed by atoms with Gasteiger partial charge >= 0.3 is 0 Å². The molecule has 0 radical (unpaired) electrons. The highest BCUT2D eigenvalue weighted by Gasteiger charge is 2.27. The standard InChI is InChI=1S/C8H12BrN5O/c9-6-7(11-3-12-8(6)14-10)13-4-1-5(15)2-4/h3-5,15H,1-2,10H2,(H2,11,12,13,14). The van der Waals surface area contributed by atoms with Gasteiger partial charge in [0.05, 0.1) is 6.10 Å². The van der Waals surface area contributed by atoms with Gasteiger partial charge in [0.2, 0.25) is 0 Å². The van der Waals surface area contributed by atoms with E-state index in [9.17, 15) is 0 Å². The number of aromatic nitrogens is 2. The lowest BCUT2D eigenvalue weighted by atomic mass is 9.89. The highest BCUT2D eigenvalue weighted by Crippen LogP contribution is 2.29. The van der Waals surface area contributed by atoms with E-state index in [0.29, 0.717) is 16.1 Å². The first-order valence-corrected chi connectivity index (χ1v) is 5.41. The zero-order chi connectivity index (χ0) is 10.8. The number of halogens is 1. The number of aliphatic hydroxyl groups is 1. The van der Waals surface area contributed by atoms with Crippen LogP contribution in [0.25, 0.3) is 0 Å². The Bertz CT molecular complexity index is 355. The Morgan fingerprint density at radius 3 is 2.67 bits per heavy atom. The lowest BCUT2D eigenvalue weighted by molar-refractivity contribution is 0.0835. The van der Waals surface area contributed by atoms with Gasteiger partial charge < -0.3 is 15.8 Å². The van der Waals surface area contributed by atoms with Gasteiger partial charge in [-0.05, 0) is 28.8 Å². The van der Waals surface area contributed by atoms with Crippen molar-refractivity contribution in [3.8, 4) is 0 Å². The second-order valence-corrected chi connectivity index (χ2v) is 4.29. The number of hydrazine groups is 1. The lowest BCUT2D eigenvalue weighted by Crippen LogP contribution is -2.39. The van der Waals surface area contributed by atoms with Crippen molar-refractivity contribution in [3.63, 3.8) is 0 Å². The van der Waals surface area contributed by atoms with Crippen molar-refractivity contribution >= 4 is 27.6 Å². The molecule has 1 aromatic rings. The van der Waals surface area contributed by atoms with Gasteiger partial charge in [0.1, 0.15) is 16.6 Å². The van der Waals surface area contributed by atoms with E-state index in [1.807, 2.05) is 0 Å². The van der Waals surface area contributed by atoms with E-state index in [2.05, 4.69) is 36.6 Å². The zero-order valence-corrected chi connectivity index (χ0v) is 9.53. The Balaban J connectivity index is 2.07. The maximum atomic E-state index is 9.15. The van der Waals surface area contributed by atoms with Gasteiger partial charge in [-0.2, -0.15) is 0 Å². The average molecular weight is 274 g/mol. The monoisotopic (exact) mass is 273 g/mol. The smallest absolute Gasteiger partial charge is 0.159 e. The molecule has 5 N–H and O–H groups in total. The normalized spacial score (nSPS) is 24.5. The fourth-order valence-electron chi connectivity index (χ4n) is 1.47. The Hall–Kier alpha value is -0.920. The van der Waals surface area contributed by atoms with Crippen LogP contribution in [-0.2, 0) is 0 Å². The molecular formula is C8H12BrN5O. The number of hydrogen-bond acceptors (Lipinski definition) is 6. The van der Waals surface area contributed by atoms with Crippen molar-refractivity contribution < 1.29 is 5.11 Å². The summed E-state index contributed by atoms with van der Waals surface area (Å²) in [5, 5.41) is 12.3. The number of hydrogen-bond donors (Lipinski definition) is 4. The molecule has 2 rings (SSSR count). The molecule has 0 unspecified atom stereocenters. The van der Waals surface area contributed by atoms with Crippen molar-refractivity contribution in [2.75, 3.05) is 10.7 Å². The third kappa shape index (κ3) is 2.19. The van der Waals surface area contributed by atoms with Gasteiger partial charge in [-0.1, -0.05) is 0 Å². The molecule has 1 saturated carbocycles. The maximum absolute atomic E-state index is 9.15. The fraction of sp³-hybridized carbons (Fsp3) is 0.500. The van der Waals surface area contributed by atoms with Gasteiger partial charge in [0.25, 0.3) is 0 Å². The maximum Gasteiger partial charge on any atom is 0.159 e. The van der Waals surface area contributed by atoms with Crippen molar-refractivity contribution in [1.82, 2.24) is 9.97 Å². The summed E-state index contributed by atoms with van der Waals surface area (Å²) in [5.74, 6) is 6.51. The van der Waals surface area contributed by atoms with E-state index in [-0.39, 0.29) is 12.1 Å². The summed E-state index contributed by atoms with van der Waals surface area (Å²) >= 11 is 3.35. The summed E-state index contributed by atoms with van der Waals surface area (Å²) in [4.78, 5) is 8.03. The van der Waals surface area contributed by atoms with Crippen LogP contribution in [0.5, 0.6) is 0 Å². The SMILES string of the molecule is NNc1ncnc(NC2CC(O)C2)c1Br. The van der Waals surface area contributed by atoms with Gasteiger partial charge in [-0.25, -0.2) is 15.8 Å². The third-order valence-electron chi connectivity index (χ3n) is 2.38. The van der Waals surface area contributed by atoms with Crippen molar-refractivity contribution in [3.05, 3.63) is 10.8 Å². The van der Waals surface area contributed by atoms with Crippen LogP contribution < -0.4 is 16.6 Å². The molecule has 0 spiro atoms. The van der Waals surface area contributed by atoms with E-state index in [1.165, 1.54) is 6.33 Å². The molecule has 0 bridgehead atoms. The predicted molar refractivity (Wildman–Crippen MR) is 60.2 cm³/mol. The largest absolute Gasteiger partial charge is 0.393 e. The zero-order valence-electron chi connectivity index (χ0n) is 7.94. The number of nitrogens with zero attached hydrogens (tertiary/aromatic N) is 2. The van der Waals surface area contributed by atoms with Crippen molar-refractivity contribution in [2.24, 2.45) is 5.84 Å². The average Bonchev–Trinajstić information content (AvgIpc) is 2.18. The molecule has 0 atom stereocenters. The number of aliphatic hydroxyl groups excluding tert-OH is 1. The van der Waals surface area contributed by atoms with Gasteiger partial charge in [0.15, 0.2) is 5.82 Å². The van der Waals surface area contributed by atoms with Crippen LogP contribution in [0.4, 0.5) is 11.6 Å². The van der Waals surface area contributed by atoms with Gasteiger partial charge in [0, 0.05) is 6.04 Å². The molecule has 82 valence electrons. The second kappa shape index (κ2) is 4.30. The number of rotatable bonds is 3. The molecule has 1 heterocycles. The van der Waals surface area contributed by atoms with Crippen LogP contribution in [0.3, 0.4) is 0 Å². The molecule has 1 fully saturated rings. The van der Waals surface area contributed by atoms with E-state index in [4.69, 9.17) is 10.9 Å². The minimum Gasteiger partial charge on any atom is -0.393 e. The summed E-state index contributed by atoms with van der Waals surface area (Å²) in [6.45, 7) is 0. The van der Waals surface area contributed by atoms with Crippen LogP contribution >= 0.6 is 15.9 Å². The molecule has 0 amide bonds.